The van der Waals surface area contributed by atoms with Crippen molar-refractivity contribution >= 4 is 33.6 Å². The molecule has 2 aromatic rings. The van der Waals surface area contributed by atoms with Crippen molar-refractivity contribution in [1.82, 2.24) is 19.3 Å². The summed E-state index contributed by atoms with van der Waals surface area (Å²) in [6.07, 6.45) is 1.58. The third-order valence-corrected chi connectivity index (χ3v) is 4.86. The standard InChI is InChI=1S/C13H21ClN4OS/c1-4-10-12-13(17(3)16-10)18(8-9-20(19)5-2)11(15-12)6-7-14/h4-9H2,1-3H3. The molecule has 0 bridgehead atoms. The fourth-order valence-electron chi connectivity index (χ4n) is 2.37. The van der Waals surface area contributed by atoms with E-state index in [2.05, 4.69) is 16.6 Å². The Kier molecular flexibility index (Phi) is 5.21. The maximum Gasteiger partial charge on any atom is 0.158 e. The average Bonchev–Trinajstić information content (AvgIpc) is 2.94. The van der Waals surface area contributed by atoms with Crippen molar-refractivity contribution in [3.8, 4) is 0 Å². The second kappa shape index (κ2) is 6.72. The molecule has 0 saturated carbocycles. The smallest absolute Gasteiger partial charge is 0.158 e. The van der Waals surface area contributed by atoms with Crippen LogP contribution in [0.3, 0.4) is 0 Å². The lowest BCUT2D eigenvalue weighted by Crippen LogP contribution is -2.14. The van der Waals surface area contributed by atoms with Gasteiger partial charge in [-0.3, -0.25) is 8.89 Å². The van der Waals surface area contributed by atoms with Gasteiger partial charge in [0, 0.05) is 48.2 Å². The summed E-state index contributed by atoms with van der Waals surface area (Å²) in [6.45, 7) is 4.72. The third-order valence-electron chi connectivity index (χ3n) is 3.39. The van der Waals surface area contributed by atoms with Gasteiger partial charge in [0.15, 0.2) is 5.65 Å². The van der Waals surface area contributed by atoms with Gasteiger partial charge in [0.25, 0.3) is 0 Å². The molecule has 0 aliphatic carbocycles. The molecule has 2 aromatic heterocycles. The van der Waals surface area contributed by atoms with Crippen molar-refractivity contribution in [1.29, 1.82) is 0 Å². The number of hydrogen-bond donors (Lipinski definition) is 0. The van der Waals surface area contributed by atoms with Crippen molar-refractivity contribution in [2.24, 2.45) is 7.05 Å². The highest BCUT2D eigenvalue weighted by molar-refractivity contribution is 7.84. The number of fused-ring (bicyclic) bond motifs is 1. The highest BCUT2D eigenvalue weighted by Crippen LogP contribution is 2.20. The third kappa shape index (κ3) is 2.91. The van der Waals surface area contributed by atoms with Crippen molar-refractivity contribution in [2.45, 2.75) is 33.2 Å². The summed E-state index contributed by atoms with van der Waals surface area (Å²) in [5.74, 6) is 2.83. The van der Waals surface area contributed by atoms with Crippen molar-refractivity contribution in [2.75, 3.05) is 17.4 Å². The van der Waals surface area contributed by atoms with Crippen LogP contribution in [-0.4, -0.2) is 40.9 Å². The van der Waals surface area contributed by atoms with Crippen LogP contribution in [0.15, 0.2) is 0 Å². The first-order valence-electron chi connectivity index (χ1n) is 6.94. The summed E-state index contributed by atoms with van der Waals surface area (Å²) in [7, 11) is 1.15. The predicted octanol–water partition coefficient (Wildman–Crippen LogP) is 1.88. The molecule has 0 fully saturated rings. The average molecular weight is 317 g/mol. The highest BCUT2D eigenvalue weighted by Gasteiger charge is 2.18. The molecule has 1 unspecified atom stereocenters. The lowest BCUT2D eigenvalue weighted by atomic mass is 10.3. The van der Waals surface area contributed by atoms with Crippen LogP contribution in [0, 0.1) is 0 Å². The quantitative estimate of drug-likeness (QED) is 0.733. The first kappa shape index (κ1) is 15.5. The molecule has 0 radical (unpaired) electrons. The number of imidazole rings is 1. The lowest BCUT2D eigenvalue weighted by Gasteiger charge is -2.08. The number of rotatable bonds is 7. The van der Waals surface area contributed by atoms with Crippen LogP contribution in [0.25, 0.3) is 11.2 Å². The molecule has 0 N–H and O–H groups in total. The number of hydrogen-bond acceptors (Lipinski definition) is 3. The molecule has 0 aromatic carbocycles. The highest BCUT2D eigenvalue weighted by atomic mass is 35.5. The Labute approximate surface area is 126 Å². The summed E-state index contributed by atoms with van der Waals surface area (Å²) in [6, 6.07) is 0. The minimum atomic E-state index is -0.780. The van der Waals surface area contributed by atoms with Gasteiger partial charge >= 0.3 is 0 Å². The Morgan fingerprint density at radius 2 is 2.10 bits per heavy atom. The lowest BCUT2D eigenvalue weighted by molar-refractivity contribution is 0.657. The van der Waals surface area contributed by atoms with E-state index in [1.54, 1.807) is 0 Å². The van der Waals surface area contributed by atoms with Gasteiger partial charge in [0.05, 0.1) is 5.69 Å². The molecule has 20 heavy (non-hydrogen) atoms. The zero-order valence-electron chi connectivity index (χ0n) is 12.2. The van der Waals surface area contributed by atoms with Gasteiger partial charge in [0.2, 0.25) is 0 Å². The maximum absolute atomic E-state index is 11.7. The van der Waals surface area contributed by atoms with Gasteiger partial charge in [0.1, 0.15) is 11.3 Å². The molecule has 0 amide bonds. The minimum Gasteiger partial charge on any atom is -0.312 e. The summed E-state index contributed by atoms with van der Waals surface area (Å²) in [5.41, 5.74) is 2.97. The van der Waals surface area contributed by atoms with Gasteiger partial charge in [-0.2, -0.15) is 5.10 Å². The molecule has 2 rings (SSSR count). The van der Waals surface area contributed by atoms with E-state index < -0.39 is 10.8 Å². The Hall–Kier alpha value is -0.880. The first-order valence-corrected chi connectivity index (χ1v) is 8.96. The van der Waals surface area contributed by atoms with Gasteiger partial charge < -0.3 is 4.57 Å². The van der Waals surface area contributed by atoms with E-state index in [0.29, 0.717) is 23.9 Å². The number of aryl methyl sites for hydroxylation is 4. The number of nitrogens with zero attached hydrogens (tertiary/aromatic N) is 4. The van der Waals surface area contributed by atoms with E-state index in [9.17, 15) is 4.21 Å². The Bertz CT molecular complexity index is 619. The molecule has 0 saturated heterocycles. The molecular weight excluding hydrogens is 296 g/mol. The largest absolute Gasteiger partial charge is 0.312 e. The van der Waals surface area contributed by atoms with Crippen molar-refractivity contribution < 1.29 is 4.21 Å². The summed E-state index contributed by atoms with van der Waals surface area (Å²) < 4.78 is 15.7. The van der Waals surface area contributed by atoms with Gasteiger partial charge in [-0.1, -0.05) is 13.8 Å². The van der Waals surface area contributed by atoms with E-state index in [0.717, 1.165) is 35.5 Å². The minimum absolute atomic E-state index is 0.537. The Morgan fingerprint density at radius 1 is 1.35 bits per heavy atom. The molecule has 0 aliphatic heterocycles. The zero-order chi connectivity index (χ0) is 14.7. The molecule has 7 heteroatoms. The Balaban J connectivity index is 2.44. The topological polar surface area (TPSA) is 52.7 Å². The number of halogens is 1. The van der Waals surface area contributed by atoms with E-state index in [1.165, 1.54) is 0 Å². The molecule has 2 heterocycles. The molecule has 1 atom stereocenters. The van der Waals surface area contributed by atoms with Crippen LogP contribution < -0.4 is 0 Å². The SMILES string of the molecule is CCc1nn(C)c2c1nc(CCCl)n2CCS(=O)CC. The van der Waals surface area contributed by atoms with Crippen LogP contribution in [0.4, 0.5) is 0 Å². The normalized spacial score (nSPS) is 13.2. The number of aromatic nitrogens is 4. The van der Waals surface area contributed by atoms with Gasteiger partial charge in [-0.15, -0.1) is 11.6 Å². The maximum atomic E-state index is 11.7. The fraction of sp³-hybridized carbons (Fsp3) is 0.692. The van der Waals surface area contributed by atoms with Gasteiger partial charge in [-0.05, 0) is 6.42 Å². The number of alkyl halides is 1. The van der Waals surface area contributed by atoms with E-state index in [1.807, 2.05) is 18.7 Å². The molecule has 5 nitrogen and oxygen atoms in total. The molecular formula is C13H21ClN4OS. The summed E-state index contributed by atoms with van der Waals surface area (Å²) in [4.78, 5) is 4.69. The van der Waals surface area contributed by atoms with Crippen LogP contribution in [-0.2, 0) is 37.2 Å². The predicted molar refractivity (Wildman–Crippen MR) is 83.9 cm³/mol. The van der Waals surface area contributed by atoms with E-state index in [-0.39, 0.29) is 0 Å². The van der Waals surface area contributed by atoms with Crippen LogP contribution in [0.5, 0.6) is 0 Å². The van der Waals surface area contributed by atoms with E-state index in [4.69, 9.17) is 16.6 Å². The van der Waals surface area contributed by atoms with Crippen LogP contribution >= 0.6 is 11.6 Å². The fourth-order valence-corrected chi connectivity index (χ4v) is 3.22. The second-order valence-corrected chi connectivity index (χ2v) is 6.89. The molecule has 112 valence electrons. The summed E-state index contributed by atoms with van der Waals surface area (Å²) >= 11 is 5.87. The Morgan fingerprint density at radius 3 is 2.70 bits per heavy atom. The first-order chi connectivity index (χ1) is 9.62. The van der Waals surface area contributed by atoms with Crippen molar-refractivity contribution in [3.63, 3.8) is 0 Å². The monoisotopic (exact) mass is 316 g/mol. The van der Waals surface area contributed by atoms with E-state index >= 15 is 0 Å². The van der Waals surface area contributed by atoms with Crippen LogP contribution in [0.1, 0.15) is 25.4 Å². The summed E-state index contributed by atoms with van der Waals surface area (Å²) in [5, 5.41) is 4.50. The second-order valence-electron chi connectivity index (χ2n) is 4.65. The molecule has 0 spiro atoms. The van der Waals surface area contributed by atoms with Crippen molar-refractivity contribution in [3.05, 3.63) is 11.5 Å². The zero-order valence-corrected chi connectivity index (χ0v) is 13.8. The molecule has 0 aliphatic rings. The van der Waals surface area contributed by atoms with Gasteiger partial charge in [-0.25, -0.2) is 4.98 Å². The van der Waals surface area contributed by atoms with Crippen LogP contribution in [0.2, 0.25) is 0 Å².